The van der Waals surface area contributed by atoms with Gasteiger partial charge >= 0.3 is 0 Å². The quantitative estimate of drug-likeness (QED) is 0.182. The highest BCUT2D eigenvalue weighted by Gasteiger charge is 2.22. The molecule has 0 aromatic heterocycles. The van der Waals surface area contributed by atoms with Crippen LogP contribution < -0.4 is 0 Å². The molecule has 0 saturated heterocycles. The zero-order chi connectivity index (χ0) is 21.6. The monoisotopic (exact) mass is 392 g/mol. The van der Waals surface area contributed by atoms with Crippen LogP contribution in [0.15, 0.2) is 48.5 Å². The number of hydrogen-bond acceptors (Lipinski definition) is 0. The first-order chi connectivity index (χ1) is 14.0. The Morgan fingerprint density at radius 1 is 0.433 bits per heavy atom. The second-order valence-corrected chi connectivity index (χ2v) is 11.3. The van der Waals surface area contributed by atoms with Crippen LogP contribution in [0.4, 0.5) is 0 Å². The van der Waals surface area contributed by atoms with E-state index in [-0.39, 0.29) is 10.8 Å². The first kappa shape index (κ1) is 19.4. The molecule has 0 heterocycles. The summed E-state index contributed by atoms with van der Waals surface area (Å²) in [4.78, 5) is 0. The number of benzene rings is 5. The van der Waals surface area contributed by atoms with Gasteiger partial charge in [-0.1, -0.05) is 77.9 Å². The van der Waals surface area contributed by atoms with Gasteiger partial charge in [0.2, 0.25) is 0 Å². The van der Waals surface area contributed by atoms with Crippen LogP contribution >= 0.6 is 0 Å². The molecule has 0 atom stereocenters. The van der Waals surface area contributed by atoms with Crippen LogP contribution in [0, 0.1) is 13.8 Å². The average molecular weight is 393 g/mol. The van der Waals surface area contributed by atoms with Crippen LogP contribution in [0.5, 0.6) is 0 Å². The first-order valence-corrected chi connectivity index (χ1v) is 11.1. The topological polar surface area (TPSA) is 0 Å². The van der Waals surface area contributed by atoms with E-state index >= 15 is 0 Å². The SMILES string of the molecule is Cc1ccc2c3ccc(C)c4cc(C(C)(C)C)cc(c5cc(C(C)(C)C)cc1c25)c43. The predicted octanol–water partition coefficient (Wildman–Crippen LogP) is 8.95. The molecule has 152 valence electrons. The molecule has 0 aliphatic carbocycles. The van der Waals surface area contributed by atoms with Crippen molar-refractivity contribution in [3.8, 4) is 0 Å². The lowest BCUT2D eigenvalue weighted by Crippen LogP contribution is -2.12. The highest BCUT2D eigenvalue weighted by atomic mass is 14.3. The van der Waals surface area contributed by atoms with Crippen LogP contribution in [0.1, 0.15) is 63.8 Å². The summed E-state index contributed by atoms with van der Waals surface area (Å²) in [7, 11) is 0. The van der Waals surface area contributed by atoms with E-state index in [1.807, 2.05) is 0 Å². The Morgan fingerprint density at radius 3 is 1.10 bits per heavy atom. The molecule has 0 unspecified atom stereocenters. The van der Waals surface area contributed by atoms with Crippen molar-refractivity contribution in [2.24, 2.45) is 0 Å². The van der Waals surface area contributed by atoms with E-state index in [2.05, 4.69) is 104 Å². The van der Waals surface area contributed by atoms with Crippen molar-refractivity contribution < 1.29 is 0 Å². The summed E-state index contributed by atoms with van der Waals surface area (Å²) in [6, 6.07) is 19.1. The van der Waals surface area contributed by atoms with Crippen molar-refractivity contribution in [3.63, 3.8) is 0 Å². The molecule has 0 nitrogen and oxygen atoms in total. The Hall–Kier alpha value is -2.60. The Morgan fingerprint density at radius 2 is 0.767 bits per heavy atom. The van der Waals surface area contributed by atoms with Crippen molar-refractivity contribution in [2.75, 3.05) is 0 Å². The van der Waals surface area contributed by atoms with Gasteiger partial charge in [-0.15, -0.1) is 0 Å². The van der Waals surface area contributed by atoms with Gasteiger partial charge in [-0.3, -0.25) is 0 Å². The molecular formula is C30H32. The van der Waals surface area contributed by atoms with E-state index in [1.54, 1.807) is 0 Å². The molecule has 0 fully saturated rings. The lowest BCUT2D eigenvalue weighted by molar-refractivity contribution is 0.591. The molecule has 0 aliphatic rings. The highest BCUT2D eigenvalue weighted by molar-refractivity contribution is 6.33. The normalized spacial score (nSPS) is 13.3. The lowest BCUT2D eigenvalue weighted by atomic mass is 9.79. The molecule has 5 aromatic rings. The first-order valence-electron chi connectivity index (χ1n) is 11.1. The van der Waals surface area contributed by atoms with Gasteiger partial charge in [0.1, 0.15) is 0 Å². The molecule has 5 aromatic carbocycles. The van der Waals surface area contributed by atoms with Crippen molar-refractivity contribution in [1.29, 1.82) is 0 Å². The summed E-state index contributed by atoms with van der Waals surface area (Å²) in [5.41, 5.74) is 5.77. The number of rotatable bonds is 0. The van der Waals surface area contributed by atoms with E-state index in [0.717, 1.165) is 0 Å². The molecule has 5 rings (SSSR count). The minimum atomic E-state index is 0.112. The minimum Gasteiger partial charge on any atom is -0.0581 e. The molecule has 0 amide bonds. The van der Waals surface area contributed by atoms with E-state index in [9.17, 15) is 0 Å². The zero-order valence-electron chi connectivity index (χ0n) is 19.6. The molecule has 0 bridgehead atoms. The van der Waals surface area contributed by atoms with E-state index < -0.39 is 0 Å². The maximum atomic E-state index is 2.47. The molecule has 0 radical (unpaired) electrons. The lowest BCUT2D eigenvalue weighted by Gasteiger charge is -2.25. The standard InChI is InChI=1S/C30H32/c1-17-9-11-21-22-12-10-18(2)24-14-20(30(6,7)8)16-26(28(22)24)25-15-19(29(3,4)5)13-23(17)27(21)25/h9-16H,1-8H3. The average Bonchev–Trinajstić information content (AvgIpc) is 2.66. The third-order valence-corrected chi connectivity index (χ3v) is 6.98. The Labute approximate surface area is 180 Å². The van der Waals surface area contributed by atoms with Gasteiger partial charge < -0.3 is 0 Å². The molecule has 0 heteroatoms. The fraction of sp³-hybridized carbons (Fsp3) is 0.333. The fourth-order valence-corrected chi connectivity index (χ4v) is 4.99. The number of fused-ring (bicyclic) bond motifs is 2. The third-order valence-electron chi connectivity index (χ3n) is 6.98. The highest BCUT2D eigenvalue weighted by Crippen LogP contribution is 2.45. The molecule has 0 spiro atoms. The minimum absolute atomic E-state index is 0.112. The van der Waals surface area contributed by atoms with E-state index in [0.29, 0.717) is 0 Å². The van der Waals surface area contributed by atoms with Gasteiger partial charge in [0.25, 0.3) is 0 Å². The van der Waals surface area contributed by atoms with E-state index in [4.69, 9.17) is 0 Å². The molecule has 0 saturated carbocycles. The predicted molar refractivity (Wildman–Crippen MR) is 135 cm³/mol. The fourth-order valence-electron chi connectivity index (χ4n) is 4.99. The Balaban J connectivity index is 2.15. The summed E-state index contributed by atoms with van der Waals surface area (Å²) in [5.74, 6) is 0. The van der Waals surface area contributed by atoms with Crippen LogP contribution in [-0.4, -0.2) is 0 Å². The van der Waals surface area contributed by atoms with Gasteiger partial charge in [0.15, 0.2) is 0 Å². The number of aryl methyl sites for hydroxylation is 2. The smallest absolute Gasteiger partial charge is 0.00235 e. The maximum Gasteiger partial charge on any atom is -0.00235 e. The Bertz CT molecular complexity index is 1340. The van der Waals surface area contributed by atoms with Gasteiger partial charge in [-0.25, -0.2) is 0 Å². The van der Waals surface area contributed by atoms with Gasteiger partial charge in [0, 0.05) is 0 Å². The van der Waals surface area contributed by atoms with Crippen LogP contribution in [0.3, 0.4) is 0 Å². The van der Waals surface area contributed by atoms with Gasteiger partial charge in [-0.05, 0) is 102 Å². The maximum absolute atomic E-state index is 2.47. The Kier molecular flexibility index (Phi) is 3.86. The number of hydrogen-bond donors (Lipinski definition) is 0. The zero-order valence-corrected chi connectivity index (χ0v) is 19.6. The van der Waals surface area contributed by atoms with Crippen molar-refractivity contribution in [2.45, 2.75) is 66.2 Å². The summed E-state index contributed by atoms with van der Waals surface area (Å²) in [6.45, 7) is 18.4. The van der Waals surface area contributed by atoms with E-state index in [1.165, 1.54) is 65.3 Å². The van der Waals surface area contributed by atoms with Crippen LogP contribution in [-0.2, 0) is 10.8 Å². The van der Waals surface area contributed by atoms with Crippen LogP contribution in [0.2, 0.25) is 0 Å². The molecule has 30 heavy (non-hydrogen) atoms. The van der Waals surface area contributed by atoms with Crippen molar-refractivity contribution >= 4 is 43.1 Å². The molecule has 0 aliphatic heterocycles. The second-order valence-electron chi connectivity index (χ2n) is 11.3. The van der Waals surface area contributed by atoms with Crippen molar-refractivity contribution in [3.05, 3.63) is 70.8 Å². The summed E-state index contributed by atoms with van der Waals surface area (Å²) in [6.07, 6.45) is 0. The molecular weight excluding hydrogens is 360 g/mol. The van der Waals surface area contributed by atoms with Crippen molar-refractivity contribution in [1.82, 2.24) is 0 Å². The summed E-state index contributed by atoms with van der Waals surface area (Å²) < 4.78 is 0. The van der Waals surface area contributed by atoms with Gasteiger partial charge in [0.05, 0.1) is 0 Å². The summed E-state index contributed by atoms with van der Waals surface area (Å²) in [5, 5.41) is 11.2. The summed E-state index contributed by atoms with van der Waals surface area (Å²) >= 11 is 0. The second kappa shape index (κ2) is 5.97. The van der Waals surface area contributed by atoms with Gasteiger partial charge in [-0.2, -0.15) is 0 Å². The third kappa shape index (κ3) is 2.66. The largest absolute Gasteiger partial charge is 0.0581 e. The molecule has 0 N–H and O–H groups in total. The van der Waals surface area contributed by atoms with Crippen LogP contribution in [0.25, 0.3) is 43.1 Å².